The van der Waals surface area contributed by atoms with E-state index in [0.717, 1.165) is 19.3 Å². The fourth-order valence-corrected chi connectivity index (χ4v) is 6.32. The van der Waals surface area contributed by atoms with Crippen LogP contribution in [-0.2, 0) is 14.3 Å². The molecular formula is C22H30O4. The zero-order chi connectivity index (χ0) is 18.7. The van der Waals surface area contributed by atoms with Crippen molar-refractivity contribution in [1.29, 1.82) is 0 Å². The summed E-state index contributed by atoms with van der Waals surface area (Å²) in [6.45, 7) is 6.18. The molecule has 4 heteroatoms. The standard InChI is InChI=1S/C22H30O4/c1-4-19(25)26-14-7-9-21(2)13(11-14)12-17(23)20-15-5-6-18(24)22(15,3)10-8-16(20)21/h7,9,12,14-17,20,23H,4-6,8,10-11H2,1-3H3/t14-,15+,16+,17-,20+,21+,22+/m1/s1. The number of hydrogen-bond acceptors (Lipinski definition) is 4. The molecule has 0 saturated heterocycles. The van der Waals surface area contributed by atoms with Crippen molar-refractivity contribution in [2.24, 2.45) is 28.6 Å². The SMILES string of the molecule is CCC(=O)O[C@@H]1C=C[C@@]2(C)C(=C[C@@H](O)[C@@H]3[C@@H]2CC[C@]2(C)C(=O)CC[C@@H]32)C1. The van der Waals surface area contributed by atoms with Crippen molar-refractivity contribution in [3.05, 3.63) is 23.8 Å². The van der Waals surface area contributed by atoms with E-state index < -0.39 is 6.10 Å². The number of carbonyl (C=O) groups is 2. The average molecular weight is 358 g/mol. The highest BCUT2D eigenvalue weighted by atomic mass is 16.5. The summed E-state index contributed by atoms with van der Waals surface area (Å²) in [5.41, 5.74) is 0.837. The maximum Gasteiger partial charge on any atom is 0.306 e. The van der Waals surface area contributed by atoms with Crippen molar-refractivity contribution in [2.45, 2.75) is 71.5 Å². The van der Waals surface area contributed by atoms with Crippen molar-refractivity contribution < 1.29 is 19.4 Å². The van der Waals surface area contributed by atoms with Crippen LogP contribution in [0.4, 0.5) is 0 Å². The first-order valence-corrected chi connectivity index (χ1v) is 10.1. The first-order chi connectivity index (χ1) is 12.3. The summed E-state index contributed by atoms with van der Waals surface area (Å²) in [6.07, 6.45) is 10.0. The van der Waals surface area contributed by atoms with Crippen LogP contribution in [0.25, 0.3) is 0 Å². The molecule has 4 aliphatic carbocycles. The third kappa shape index (κ3) is 2.45. The molecule has 0 aliphatic heterocycles. The molecule has 7 atom stereocenters. The number of aliphatic hydroxyl groups excluding tert-OH is 1. The van der Waals surface area contributed by atoms with Gasteiger partial charge in [-0.25, -0.2) is 0 Å². The molecule has 0 bridgehead atoms. The Hall–Kier alpha value is -1.42. The highest BCUT2D eigenvalue weighted by Gasteiger charge is 2.60. The van der Waals surface area contributed by atoms with E-state index in [9.17, 15) is 14.7 Å². The predicted octanol–water partition coefficient (Wildman–Crippen LogP) is 3.59. The van der Waals surface area contributed by atoms with Crippen LogP contribution in [0.3, 0.4) is 0 Å². The summed E-state index contributed by atoms with van der Waals surface area (Å²) >= 11 is 0. The van der Waals surface area contributed by atoms with E-state index in [1.54, 1.807) is 6.92 Å². The average Bonchev–Trinajstić information content (AvgIpc) is 2.91. The lowest BCUT2D eigenvalue weighted by Gasteiger charge is -2.56. The first-order valence-electron chi connectivity index (χ1n) is 10.1. The van der Waals surface area contributed by atoms with Crippen LogP contribution < -0.4 is 0 Å². The summed E-state index contributed by atoms with van der Waals surface area (Å²) in [7, 11) is 0. The zero-order valence-corrected chi connectivity index (χ0v) is 16.0. The zero-order valence-electron chi connectivity index (χ0n) is 16.0. The van der Waals surface area contributed by atoms with Crippen LogP contribution in [0.5, 0.6) is 0 Å². The van der Waals surface area contributed by atoms with Gasteiger partial charge in [0.05, 0.1) is 6.10 Å². The maximum absolute atomic E-state index is 12.5. The van der Waals surface area contributed by atoms with Crippen LogP contribution in [0.15, 0.2) is 23.8 Å². The highest BCUT2D eigenvalue weighted by Crippen LogP contribution is 2.63. The molecular weight excluding hydrogens is 328 g/mol. The third-order valence-corrected chi connectivity index (χ3v) is 7.92. The molecule has 0 aromatic heterocycles. The normalized spacial score (nSPS) is 46.8. The number of ketones is 1. The van der Waals surface area contributed by atoms with Gasteiger partial charge < -0.3 is 9.84 Å². The number of rotatable bonds is 2. The lowest BCUT2D eigenvalue weighted by atomic mass is 9.48. The Morgan fingerprint density at radius 2 is 2.08 bits per heavy atom. The minimum Gasteiger partial charge on any atom is -0.458 e. The largest absolute Gasteiger partial charge is 0.458 e. The van der Waals surface area contributed by atoms with Gasteiger partial charge in [-0.1, -0.05) is 38.5 Å². The fourth-order valence-electron chi connectivity index (χ4n) is 6.32. The molecule has 0 heterocycles. The van der Waals surface area contributed by atoms with E-state index in [1.165, 1.54) is 5.57 Å². The Bertz CT molecular complexity index is 692. The summed E-state index contributed by atoms with van der Waals surface area (Å²) in [6, 6.07) is 0. The molecule has 26 heavy (non-hydrogen) atoms. The van der Waals surface area contributed by atoms with E-state index in [4.69, 9.17) is 4.74 Å². The van der Waals surface area contributed by atoms with E-state index in [-0.39, 0.29) is 34.7 Å². The van der Waals surface area contributed by atoms with Crippen LogP contribution >= 0.6 is 0 Å². The Kier molecular flexibility index (Phi) is 4.18. The molecule has 0 unspecified atom stereocenters. The molecule has 0 spiro atoms. The van der Waals surface area contributed by atoms with Crippen molar-refractivity contribution in [1.82, 2.24) is 0 Å². The molecule has 142 valence electrons. The van der Waals surface area contributed by atoms with Gasteiger partial charge >= 0.3 is 5.97 Å². The van der Waals surface area contributed by atoms with Gasteiger partial charge in [-0.05, 0) is 43.1 Å². The fraction of sp³-hybridized carbons (Fsp3) is 0.727. The molecule has 0 aromatic rings. The second-order valence-corrected chi connectivity index (χ2v) is 9.12. The monoisotopic (exact) mass is 358 g/mol. The van der Waals surface area contributed by atoms with Crippen LogP contribution in [0.2, 0.25) is 0 Å². The van der Waals surface area contributed by atoms with Crippen LogP contribution in [0.1, 0.15) is 59.3 Å². The van der Waals surface area contributed by atoms with Gasteiger partial charge in [0.2, 0.25) is 0 Å². The number of hydrogen-bond donors (Lipinski definition) is 1. The Morgan fingerprint density at radius 1 is 1.31 bits per heavy atom. The smallest absolute Gasteiger partial charge is 0.306 e. The predicted molar refractivity (Wildman–Crippen MR) is 98.2 cm³/mol. The topological polar surface area (TPSA) is 63.6 Å². The summed E-state index contributed by atoms with van der Waals surface area (Å²) < 4.78 is 5.51. The van der Waals surface area contributed by atoms with E-state index >= 15 is 0 Å². The Morgan fingerprint density at radius 3 is 2.81 bits per heavy atom. The second kappa shape index (κ2) is 6.05. The second-order valence-electron chi connectivity index (χ2n) is 9.12. The van der Waals surface area contributed by atoms with E-state index in [2.05, 4.69) is 19.9 Å². The lowest BCUT2D eigenvalue weighted by molar-refractivity contribution is -0.146. The maximum atomic E-state index is 12.5. The number of allylic oxidation sites excluding steroid dienone is 1. The molecule has 4 aliphatic rings. The molecule has 0 radical (unpaired) electrons. The molecule has 2 saturated carbocycles. The van der Waals surface area contributed by atoms with Gasteiger partial charge in [0.15, 0.2) is 0 Å². The molecule has 1 N–H and O–H groups in total. The Labute approximate surface area is 155 Å². The molecule has 2 fully saturated rings. The van der Waals surface area contributed by atoms with Gasteiger partial charge in [0.25, 0.3) is 0 Å². The van der Waals surface area contributed by atoms with Crippen LogP contribution in [0, 0.1) is 28.6 Å². The molecule has 4 nitrogen and oxygen atoms in total. The minimum absolute atomic E-state index is 0.105. The van der Waals surface area contributed by atoms with Crippen molar-refractivity contribution in [3.63, 3.8) is 0 Å². The molecule has 4 rings (SSSR count). The number of Topliss-reactive ketones (excluding diaryl/α,β-unsaturated/α-hetero) is 1. The number of fused-ring (bicyclic) bond motifs is 5. The number of ether oxygens (including phenoxy) is 1. The number of aliphatic hydroxyl groups is 1. The first kappa shape index (κ1) is 18.0. The number of esters is 1. The summed E-state index contributed by atoms with van der Waals surface area (Å²) in [5, 5.41) is 11.0. The summed E-state index contributed by atoms with van der Waals surface area (Å²) in [5.74, 6) is 0.978. The van der Waals surface area contributed by atoms with Gasteiger partial charge in [-0.15, -0.1) is 0 Å². The van der Waals surface area contributed by atoms with Gasteiger partial charge in [-0.2, -0.15) is 0 Å². The van der Waals surface area contributed by atoms with Gasteiger partial charge in [0, 0.05) is 30.1 Å². The molecule has 0 aromatic carbocycles. The van der Waals surface area contributed by atoms with Gasteiger partial charge in [0.1, 0.15) is 11.9 Å². The van der Waals surface area contributed by atoms with Crippen molar-refractivity contribution in [2.75, 3.05) is 0 Å². The third-order valence-electron chi connectivity index (χ3n) is 7.92. The van der Waals surface area contributed by atoms with Crippen molar-refractivity contribution in [3.8, 4) is 0 Å². The highest BCUT2D eigenvalue weighted by molar-refractivity contribution is 5.87. The lowest BCUT2D eigenvalue weighted by Crippen LogP contribution is -2.53. The summed E-state index contributed by atoms with van der Waals surface area (Å²) in [4.78, 5) is 24.1. The van der Waals surface area contributed by atoms with E-state index in [0.29, 0.717) is 31.0 Å². The van der Waals surface area contributed by atoms with Crippen LogP contribution in [-0.4, -0.2) is 29.1 Å². The van der Waals surface area contributed by atoms with Gasteiger partial charge in [-0.3, -0.25) is 9.59 Å². The quantitative estimate of drug-likeness (QED) is 0.605. The number of carbonyl (C=O) groups excluding carboxylic acids is 2. The molecule has 0 amide bonds. The Balaban J connectivity index is 1.65. The van der Waals surface area contributed by atoms with Crippen molar-refractivity contribution >= 4 is 11.8 Å². The van der Waals surface area contributed by atoms with E-state index in [1.807, 2.05) is 12.2 Å². The minimum atomic E-state index is -0.507.